The lowest BCUT2D eigenvalue weighted by molar-refractivity contribution is -0.123. The summed E-state index contributed by atoms with van der Waals surface area (Å²) in [5.74, 6) is 0.111. The van der Waals surface area contributed by atoms with Gasteiger partial charge in [0.15, 0.2) is 0 Å². The Labute approximate surface area is 103 Å². The molecule has 0 aromatic carbocycles. The van der Waals surface area contributed by atoms with Crippen molar-refractivity contribution in [1.82, 2.24) is 5.32 Å². The summed E-state index contributed by atoms with van der Waals surface area (Å²) in [6, 6.07) is 0. The second-order valence-electron chi connectivity index (χ2n) is 6.09. The van der Waals surface area contributed by atoms with Crippen LogP contribution in [0.4, 0.5) is 0 Å². The maximum Gasteiger partial charge on any atom is 0.221 e. The fourth-order valence-electron chi connectivity index (χ4n) is 2.54. The second kappa shape index (κ2) is 4.94. The zero-order valence-corrected chi connectivity index (χ0v) is 10.8. The Morgan fingerprint density at radius 1 is 1.29 bits per heavy atom. The van der Waals surface area contributed by atoms with Crippen LogP contribution in [-0.2, 0) is 9.53 Å². The molecule has 2 fully saturated rings. The molecular formula is C13H24N2O2. The van der Waals surface area contributed by atoms with Gasteiger partial charge in [0.25, 0.3) is 0 Å². The van der Waals surface area contributed by atoms with Crippen LogP contribution < -0.4 is 11.1 Å². The van der Waals surface area contributed by atoms with Crippen LogP contribution in [-0.4, -0.2) is 31.2 Å². The molecule has 0 aromatic rings. The molecule has 1 aliphatic carbocycles. The summed E-state index contributed by atoms with van der Waals surface area (Å²) >= 11 is 0. The summed E-state index contributed by atoms with van der Waals surface area (Å²) < 4.78 is 5.35. The van der Waals surface area contributed by atoms with Crippen molar-refractivity contribution in [2.45, 2.75) is 51.0 Å². The van der Waals surface area contributed by atoms with Gasteiger partial charge in [-0.05, 0) is 37.5 Å². The van der Waals surface area contributed by atoms with Crippen LogP contribution in [0.1, 0.15) is 45.4 Å². The minimum atomic E-state index is -0.208. The van der Waals surface area contributed by atoms with Crippen LogP contribution in [0, 0.1) is 5.41 Å². The van der Waals surface area contributed by atoms with Crippen molar-refractivity contribution in [3.05, 3.63) is 0 Å². The third-order valence-corrected chi connectivity index (χ3v) is 4.27. The van der Waals surface area contributed by atoms with E-state index in [9.17, 15) is 4.79 Å². The Bertz CT molecular complexity index is 281. The molecule has 2 aliphatic rings. The molecule has 1 heterocycles. The maximum absolute atomic E-state index is 11.8. The first kappa shape index (κ1) is 12.8. The maximum atomic E-state index is 11.8. The quantitative estimate of drug-likeness (QED) is 0.776. The molecule has 1 saturated heterocycles. The molecule has 0 atom stereocenters. The fourth-order valence-corrected chi connectivity index (χ4v) is 2.54. The van der Waals surface area contributed by atoms with Crippen molar-refractivity contribution in [3.63, 3.8) is 0 Å². The molecule has 2 rings (SSSR count). The molecule has 4 nitrogen and oxygen atoms in total. The molecule has 0 spiro atoms. The third-order valence-electron chi connectivity index (χ3n) is 4.27. The van der Waals surface area contributed by atoms with Gasteiger partial charge in [-0.3, -0.25) is 4.79 Å². The van der Waals surface area contributed by atoms with Crippen molar-refractivity contribution >= 4 is 5.91 Å². The third kappa shape index (κ3) is 3.42. The van der Waals surface area contributed by atoms with Crippen LogP contribution in [0.5, 0.6) is 0 Å². The number of rotatable bonds is 4. The van der Waals surface area contributed by atoms with E-state index in [1.54, 1.807) is 0 Å². The van der Waals surface area contributed by atoms with Gasteiger partial charge in [-0.2, -0.15) is 0 Å². The molecular weight excluding hydrogens is 216 g/mol. The minimum absolute atomic E-state index is 0.111. The van der Waals surface area contributed by atoms with Crippen molar-refractivity contribution in [2.75, 3.05) is 19.8 Å². The number of amides is 1. The lowest BCUT2D eigenvalue weighted by atomic mass is 9.75. The van der Waals surface area contributed by atoms with E-state index in [1.807, 2.05) is 0 Å². The van der Waals surface area contributed by atoms with Gasteiger partial charge in [-0.1, -0.05) is 6.92 Å². The Morgan fingerprint density at radius 3 is 2.47 bits per heavy atom. The molecule has 4 heteroatoms. The number of hydrogen-bond donors (Lipinski definition) is 2. The molecule has 0 radical (unpaired) electrons. The highest BCUT2D eigenvalue weighted by Crippen LogP contribution is 2.32. The molecule has 0 unspecified atom stereocenters. The van der Waals surface area contributed by atoms with E-state index in [-0.39, 0.29) is 16.9 Å². The molecule has 17 heavy (non-hydrogen) atoms. The van der Waals surface area contributed by atoms with Crippen LogP contribution in [0.3, 0.4) is 0 Å². The lowest BCUT2D eigenvalue weighted by Crippen LogP contribution is -2.51. The second-order valence-corrected chi connectivity index (χ2v) is 6.09. The van der Waals surface area contributed by atoms with E-state index in [4.69, 9.17) is 10.5 Å². The van der Waals surface area contributed by atoms with Gasteiger partial charge in [-0.25, -0.2) is 0 Å². The first-order valence-corrected chi connectivity index (χ1v) is 6.65. The molecule has 1 saturated carbocycles. The van der Waals surface area contributed by atoms with Crippen LogP contribution in [0.15, 0.2) is 0 Å². The predicted octanol–water partition coefficient (Wildman–Crippen LogP) is 1.19. The van der Waals surface area contributed by atoms with Gasteiger partial charge < -0.3 is 15.8 Å². The van der Waals surface area contributed by atoms with Gasteiger partial charge in [0, 0.05) is 31.7 Å². The monoisotopic (exact) mass is 240 g/mol. The van der Waals surface area contributed by atoms with E-state index >= 15 is 0 Å². The Hall–Kier alpha value is -0.610. The van der Waals surface area contributed by atoms with E-state index in [1.165, 1.54) is 6.42 Å². The van der Waals surface area contributed by atoms with Crippen LogP contribution in [0.2, 0.25) is 0 Å². The normalized spacial score (nSPS) is 26.0. The molecule has 1 amide bonds. The highest BCUT2D eigenvalue weighted by molar-refractivity contribution is 5.77. The first-order chi connectivity index (χ1) is 8.02. The van der Waals surface area contributed by atoms with Crippen molar-refractivity contribution in [3.8, 4) is 0 Å². The van der Waals surface area contributed by atoms with Crippen LogP contribution in [0.25, 0.3) is 0 Å². The van der Waals surface area contributed by atoms with Crippen LogP contribution >= 0.6 is 0 Å². The highest BCUT2D eigenvalue weighted by Gasteiger charge is 2.35. The minimum Gasteiger partial charge on any atom is -0.381 e. The van der Waals surface area contributed by atoms with E-state index in [2.05, 4.69) is 12.2 Å². The smallest absolute Gasteiger partial charge is 0.221 e. The Morgan fingerprint density at radius 2 is 1.94 bits per heavy atom. The summed E-state index contributed by atoms with van der Waals surface area (Å²) in [7, 11) is 0. The zero-order chi connectivity index (χ0) is 12.4. The van der Waals surface area contributed by atoms with Gasteiger partial charge in [0.05, 0.1) is 0 Å². The number of hydrogen-bond acceptors (Lipinski definition) is 3. The summed E-state index contributed by atoms with van der Waals surface area (Å²) in [4.78, 5) is 11.8. The summed E-state index contributed by atoms with van der Waals surface area (Å²) in [5.41, 5.74) is 6.06. The fraction of sp³-hybridized carbons (Fsp3) is 0.923. The first-order valence-electron chi connectivity index (χ1n) is 6.65. The van der Waals surface area contributed by atoms with E-state index < -0.39 is 0 Å². The molecule has 1 aliphatic heterocycles. The molecule has 98 valence electrons. The van der Waals surface area contributed by atoms with Crippen molar-refractivity contribution in [1.29, 1.82) is 0 Å². The van der Waals surface area contributed by atoms with Gasteiger partial charge in [-0.15, -0.1) is 0 Å². The topological polar surface area (TPSA) is 64.4 Å². The summed E-state index contributed by atoms with van der Waals surface area (Å²) in [6.07, 6.45) is 5.69. The number of nitrogens with one attached hydrogen (secondary N) is 1. The van der Waals surface area contributed by atoms with Gasteiger partial charge >= 0.3 is 0 Å². The summed E-state index contributed by atoms with van der Waals surface area (Å²) in [6.45, 7) is 4.60. The standard InChI is InChI=1S/C13H24N2O2/c1-12(5-7-17-8-6-12)10-15-11(16)9-13(14)3-2-4-13/h2-10,14H2,1H3,(H,15,16). The Kier molecular flexibility index (Phi) is 3.73. The van der Waals surface area contributed by atoms with Gasteiger partial charge in [0.1, 0.15) is 0 Å². The average molecular weight is 240 g/mol. The average Bonchev–Trinajstić information content (AvgIpc) is 2.26. The SMILES string of the molecule is CC1(CNC(=O)CC2(N)CCC2)CCOCC1. The number of carbonyl (C=O) groups excluding carboxylic acids is 1. The lowest BCUT2D eigenvalue weighted by Gasteiger charge is -2.38. The highest BCUT2D eigenvalue weighted by atomic mass is 16.5. The number of carbonyl (C=O) groups is 1. The largest absolute Gasteiger partial charge is 0.381 e. The van der Waals surface area contributed by atoms with Gasteiger partial charge in [0.2, 0.25) is 5.91 Å². The Balaban J connectivity index is 1.71. The van der Waals surface area contributed by atoms with Crippen molar-refractivity contribution < 1.29 is 9.53 Å². The number of nitrogens with two attached hydrogens (primary N) is 1. The predicted molar refractivity (Wildman–Crippen MR) is 66.6 cm³/mol. The molecule has 0 aromatic heterocycles. The van der Waals surface area contributed by atoms with E-state index in [0.717, 1.165) is 45.4 Å². The molecule has 3 N–H and O–H groups in total. The summed E-state index contributed by atoms with van der Waals surface area (Å²) in [5, 5.41) is 3.04. The molecule has 0 bridgehead atoms. The zero-order valence-electron chi connectivity index (χ0n) is 10.8. The van der Waals surface area contributed by atoms with Crippen molar-refractivity contribution in [2.24, 2.45) is 11.1 Å². The van der Waals surface area contributed by atoms with E-state index in [0.29, 0.717) is 6.42 Å². The number of ether oxygens (including phenoxy) is 1.